The second-order valence-corrected chi connectivity index (χ2v) is 18.0. The molecule has 1 aromatic heterocycles. The van der Waals surface area contributed by atoms with Gasteiger partial charge in [-0.1, -0.05) is 196 Å². The fraction of sp³-hybridized carbons (Fsp3) is 0.0645. The lowest BCUT2D eigenvalue weighted by Crippen LogP contribution is -2.29. The van der Waals surface area contributed by atoms with E-state index in [1.807, 2.05) is 0 Å². The van der Waals surface area contributed by atoms with Crippen LogP contribution in [-0.2, 0) is 10.8 Å². The molecule has 2 nitrogen and oxygen atoms in total. The van der Waals surface area contributed by atoms with Crippen LogP contribution < -0.4 is 4.90 Å². The largest absolute Gasteiger partial charge is 0.455 e. The van der Waals surface area contributed by atoms with Gasteiger partial charge in [0.15, 0.2) is 0 Å². The molecule has 0 bridgehead atoms. The lowest BCUT2D eigenvalue weighted by molar-refractivity contribution is 0.661. The van der Waals surface area contributed by atoms with E-state index >= 15 is 0 Å². The zero-order chi connectivity index (χ0) is 42.6. The summed E-state index contributed by atoms with van der Waals surface area (Å²) in [7, 11) is 0. The second kappa shape index (κ2) is 13.8. The third-order valence-corrected chi connectivity index (χ3v) is 14.3. The third-order valence-electron chi connectivity index (χ3n) is 14.3. The monoisotopic (exact) mass is 817 g/mol. The Labute approximate surface area is 373 Å². The lowest BCUT2D eigenvalue weighted by atomic mass is 9.67. The summed E-state index contributed by atoms with van der Waals surface area (Å²) in [5, 5.41) is 4.55. The van der Waals surface area contributed by atoms with Gasteiger partial charge in [0.2, 0.25) is 0 Å². The smallest absolute Gasteiger partial charge is 0.143 e. The maximum Gasteiger partial charge on any atom is 0.143 e. The molecule has 0 saturated heterocycles. The van der Waals surface area contributed by atoms with Gasteiger partial charge in [0.25, 0.3) is 0 Å². The Hall–Kier alpha value is -7.94. The summed E-state index contributed by atoms with van der Waals surface area (Å²) in [5.74, 6) is 0. The van der Waals surface area contributed by atoms with E-state index in [1.165, 1.54) is 66.7 Å². The first-order valence-corrected chi connectivity index (χ1v) is 22.3. The second-order valence-electron chi connectivity index (χ2n) is 18.0. The highest BCUT2D eigenvalue weighted by Gasteiger charge is 2.47. The van der Waals surface area contributed by atoms with Crippen molar-refractivity contribution in [3.63, 3.8) is 0 Å². The number of nitrogens with zero attached hydrogens (tertiary/aromatic N) is 1. The van der Waals surface area contributed by atoms with Crippen LogP contribution in [-0.4, -0.2) is 0 Å². The maximum absolute atomic E-state index is 6.63. The molecule has 0 unspecified atom stereocenters. The first-order valence-electron chi connectivity index (χ1n) is 22.3. The average Bonchev–Trinajstić information content (AvgIpc) is 3.96. The van der Waals surface area contributed by atoms with Gasteiger partial charge in [-0.15, -0.1) is 0 Å². The number of fused-ring (bicyclic) bond motifs is 11. The van der Waals surface area contributed by atoms with Gasteiger partial charge >= 0.3 is 0 Å². The number of furan rings is 1. The topological polar surface area (TPSA) is 16.4 Å². The van der Waals surface area contributed by atoms with Gasteiger partial charge in [0, 0.05) is 32.8 Å². The van der Waals surface area contributed by atoms with Crippen LogP contribution in [0.15, 0.2) is 229 Å². The molecule has 0 aliphatic heterocycles. The summed E-state index contributed by atoms with van der Waals surface area (Å²) < 4.78 is 6.63. The Balaban J connectivity index is 1.09. The van der Waals surface area contributed by atoms with E-state index in [-0.39, 0.29) is 5.41 Å². The average molecular weight is 818 g/mol. The van der Waals surface area contributed by atoms with Crippen molar-refractivity contribution in [3.8, 4) is 33.4 Å². The third kappa shape index (κ3) is 5.08. The van der Waals surface area contributed by atoms with Crippen LogP contribution in [0.2, 0.25) is 0 Å². The minimum atomic E-state index is -0.540. The number of hydrogen-bond donors (Lipinski definition) is 0. The van der Waals surface area contributed by atoms with Crippen LogP contribution in [0.1, 0.15) is 47.2 Å². The quantitative estimate of drug-likeness (QED) is 0.166. The van der Waals surface area contributed by atoms with Gasteiger partial charge in [-0.3, -0.25) is 0 Å². The molecule has 0 N–H and O–H groups in total. The van der Waals surface area contributed by atoms with Gasteiger partial charge in [0.1, 0.15) is 11.2 Å². The maximum atomic E-state index is 6.63. The van der Waals surface area contributed by atoms with E-state index in [4.69, 9.17) is 4.42 Å². The van der Waals surface area contributed by atoms with Gasteiger partial charge in [-0.25, -0.2) is 0 Å². The van der Waals surface area contributed by atoms with Gasteiger partial charge in [-0.2, -0.15) is 0 Å². The van der Waals surface area contributed by atoms with Crippen LogP contribution in [0.4, 0.5) is 17.1 Å². The predicted octanol–water partition coefficient (Wildman–Crippen LogP) is 16.5. The summed E-state index contributed by atoms with van der Waals surface area (Å²) in [6.07, 6.45) is 0. The molecule has 10 aromatic carbocycles. The normalized spacial score (nSPS) is 14.0. The summed E-state index contributed by atoms with van der Waals surface area (Å²) in [4.78, 5) is 2.55. The molecule has 2 aliphatic rings. The van der Waals surface area contributed by atoms with Crippen molar-refractivity contribution in [2.24, 2.45) is 0 Å². The number of hydrogen-bond acceptors (Lipinski definition) is 2. The van der Waals surface area contributed by atoms with Gasteiger partial charge in [-0.05, 0) is 109 Å². The van der Waals surface area contributed by atoms with Crippen molar-refractivity contribution in [1.29, 1.82) is 0 Å². The van der Waals surface area contributed by atoms with E-state index in [1.54, 1.807) is 0 Å². The Kier molecular flexibility index (Phi) is 7.90. The molecule has 302 valence electrons. The van der Waals surface area contributed by atoms with Crippen LogP contribution in [0.3, 0.4) is 0 Å². The van der Waals surface area contributed by atoms with Crippen molar-refractivity contribution in [2.45, 2.75) is 24.7 Å². The van der Waals surface area contributed by atoms with E-state index < -0.39 is 5.41 Å². The molecule has 0 radical (unpaired) electrons. The SMILES string of the molecule is CC1(C)c2ccccc2-c2cccc(N(c3ccc4c(c3)C(c3ccccc3)(c3ccccc3)c3ccccc3-4)c3ccccc3-c3ccc4oc5c6ccccc6ccc5c4c3)c21. The molecule has 0 fully saturated rings. The fourth-order valence-electron chi connectivity index (χ4n) is 11.6. The molecule has 0 spiro atoms. The van der Waals surface area contributed by atoms with E-state index in [2.05, 4.69) is 243 Å². The van der Waals surface area contributed by atoms with E-state index in [0.717, 1.165) is 49.8 Å². The van der Waals surface area contributed by atoms with Crippen molar-refractivity contribution >= 4 is 49.8 Å². The molecule has 11 aromatic rings. The van der Waals surface area contributed by atoms with E-state index in [0.29, 0.717) is 0 Å². The summed E-state index contributed by atoms with van der Waals surface area (Å²) in [6.45, 7) is 4.78. The first kappa shape index (κ1) is 36.7. The number of anilines is 3. The van der Waals surface area contributed by atoms with Crippen LogP contribution >= 0.6 is 0 Å². The van der Waals surface area contributed by atoms with Crippen molar-refractivity contribution < 1.29 is 4.42 Å². The number of para-hydroxylation sites is 1. The molecule has 0 atom stereocenters. The van der Waals surface area contributed by atoms with E-state index in [9.17, 15) is 0 Å². The Bertz CT molecular complexity index is 3610. The van der Waals surface area contributed by atoms with Gasteiger partial charge < -0.3 is 9.32 Å². The summed E-state index contributed by atoms with van der Waals surface area (Å²) in [5.41, 5.74) is 19.6. The number of rotatable bonds is 6. The Morgan fingerprint density at radius 3 is 1.78 bits per heavy atom. The predicted molar refractivity (Wildman–Crippen MR) is 266 cm³/mol. The highest BCUT2D eigenvalue weighted by atomic mass is 16.3. The standard InChI is InChI=1S/C62H43NO/c1-61(2)53-28-14-11-26-48(53)50-27-17-31-57(59(50)61)63(56-30-16-13-23-45(56)41-33-37-58-52(38-41)51-35-32-40-18-9-10-24-46(40)60(51)64-58)44-34-36-49-47-25-12-15-29-54(47)62(55(49)39-44,42-19-5-3-6-20-42)43-21-7-4-8-22-43/h3-39H,1-2H3. The number of benzene rings is 10. The van der Waals surface area contributed by atoms with Crippen LogP contribution in [0, 0.1) is 0 Å². The lowest BCUT2D eigenvalue weighted by Gasteiger charge is -2.36. The molecular formula is C62H43NO. The molecule has 13 rings (SSSR count). The van der Waals surface area contributed by atoms with Gasteiger partial charge in [0.05, 0.1) is 16.8 Å². The zero-order valence-electron chi connectivity index (χ0n) is 35.7. The zero-order valence-corrected chi connectivity index (χ0v) is 35.7. The first-order chi connectivity index (χ1) is 31.5. The molecule has 1 heterocycles. The molecule has 2 heteroatoms. The fourth-order valence-corrected chi connectivity index (χ4v) is 11.6. The highest BCUT2D eigenvalue weighted by Crippen LogP contribution is 2.59. The van der Waals surface area contributed by atoms with Crippen LogP contribution in [0.5, 0.6) is 0 Å². The molecular weight excluding hydrogens is 775 g/mol. The molecule has 0 saturated carbocycles. The van der Waals surface area contributed by atoms with Crippen molar-refractivity contribution in [3.05, 3.63) is 258 Å². The minimum absolute atomic E-state index is 0.252. The molecule has 0 amide bonds. The Morgan fingerprint density at radius 1 is 0.391 bits per heavy atom. The minimum Gasteiger partial charge on any atom is -0.455 e. The summed E-state index contributed by atoms with van der Waals surface area (Å²) in [6, 6.07) is 82.9. The van der Waals surface area contributed by atoms with Crippen molar-refractivity contribution in [2.75, 3.05) is 4.90 Å². The van der Waals surface area contributed by atoms with Crippen LogP contribution in [0.25, 0.3) is 66.1 Å². The highest BCUT2D eigenvalue weighted by molar-refractivity contribution is 6.15. The molecule has 2 aliphatic carbocycles. The molecule has 64 heavy (non-hydrogen) atoms. The summed E-state index contributed by atoms with van der Waals surface area (Å²) >= 11 is 0. The Morgan fingerprint density at radius 2 is 1.00 bits per heavy atom. The van der Waals surface area contributed by atoms with Crippen molar-refractivity contribution in [1.82, 2.24) is 0 Å².